The van der Waals surface area contributed by atoms with Crippen molar-refractivity contribution in [1.29, 1.82) is 0 Å². The summed E-state index contributed by atoms with van der Waals surface area (Å²) >= 11 is 0. The minimum atomic E-state index is -1.34. The lowest BCUT2D eigenvalue weighted by molar-refractivity contribution is -0.134. The van der Waals surface area contributed by atoms with E-state index in [9.17, 15) is 4.79 Å². The van der Waals surface area contributed by atoms with Gasteiger partial charge in [0.25, 0.3) is 0 Å². The summed E-state index contributed by atoms with van der Waals surface area (Å²) in [6.45, 7) is 0.515. The standard InChI is InChI=1S/C12H12N4O4/c17-12(18)20-16-6-2-4-9(16)11-15-14-10(19-11)8-3-1-5-13-7-8/h1,3,5,7,9H,2,4,6H2,(H,17,18). The topological polar surface area (TPSA) is 102 Å². The van der Waals surface area contributed by atoms with Crippen molar-refractivity contribution in [2.24, 2.45) is 0 Å². The first-order valence-electron chi connectivity index (χ1n) is 6.15. The Bertz CT molecular complexity index is 601. The molecule has 104 valence electrons. The van der Waals surface area contributed by atoms with E-state index in [1.807, 2.05) is 6.07 Å². The van der Waals surface area contributed by atoms with Crippen LogP contribution in [-0.4, -0.2) is 38.1 Å². The van der Waals surface area contributed by atoms with E-state index in [2.05, 4.69) is 15.2 Å². The molecule has 2 aromatic heterocycles. The average molecular weight is 276 g/mol. The summed E-state index contributed by atoms with van der Waals surface area (Å²) in [5.74, 6) is 0.706. The molecule has 8 nitrogen and oxygen atoms in total. The van der Waals surface area contributed by atoms with Crippen LogP contribution >= 0.6 is 0 Å². The molecule has 8 heteroatoms. The molecule has 0 aromatic carbocycles. The Labute approximate surface area is 114 Å². The van der Waals surface area contributed by atoms with E-state index in [0.717, 1.165) is 12.0 Å². The fourth-order valence-corrected chi connectivity index (χ4v) is 2.17. The first kappa shape index (κ1) is 12.5. The number of carboxylic acid groups (broad SMARTS) is 1. The molecule has 1 atom stereocenters. The van der Waals surface area contributed by atoms with Crippen LogP contribution in [0.4, 0.5) is 4.79 Å². The second-order valence-corrected chi connectivity index (χ2v) is 4.34. The van der Waals surface area contributed by atoms with Gasteiger partial charge in [-0.15, -0.1) is 15.3 Å². The summed E-state index contributed by atoms with van der Waals surface area (Å²) in [5, 5.41) is 18.0. The molecule has 0 amide bonds. The quantitative estimate of drug-likeness (QED) is 0.906. The third-order valence-electron chi connectivity index (χ3n) is 3.03. The Balaban J connectivity index is 1.81. The van der Waals surface area contributed by atoms with Gasteiger partial charge < -0.3 is 14.4 Å². The normalized spacial score (nSPS) is 19.1. The van der Waals surface area contributed by atoms with Crippen LogP contribution in [0.1, 0.15) is 24.8 Å². The molecule has 0 radical (unpaired) electrons. The van der Waals surface area contributed by atoms with Crippen molar-refractivity contribution in [3.05, 3.63) is 30.4 Å². The second kappa shape index (κ2) is 5.25. The van der Waals surface area contributed by atoms with Crippen LogP contribution in [-0.2, 0) is 4.84 Å². The molecule has 3 rings (SSSR count). The fraction of sp³-hybridized carbons (Fsp3) is 0.333. The Morgan fingerprint density at radius 3 is 3.15 bits per heavy atom. The SMILES string of the molecule is O=C(O)ON1CCCC1c1nnc(-c2cccnc2)o1. The van der Waals surface area contributed by atoms with Crippen LogP contribution in [0.2, 0.25) is 0 Å². The number of carbonyl (C=O) groups is 1. The highest BCUT2D eigenvalue weighted by Gasteiger charge is 2.33. The van der Waals surface area contributed by atoms with Gasteiger partial charge in [0.2, 0.25) is 11.8 Å². The predicted octanol–water partition coefficient (Wildman–Crippen LogP) is 1.88. The molecule has 1 N–H and O–H groups in total. The van der Waals surface area contributed by atoms with Crippen LogP contribution < -0.4 is 0 Å². The van der Waals surface area contributed by atoms with Gasteiger partial charge in [-0.1, -0.05) is 0 Å². The second-order valence-electron chi connectivity index (χ2n) is 4.34. The van der Waals surface area contributed by atoms with Gasteiger partial charge in [0, 0.05) is 18.9 Å². The Morgan fingerprint density at radius 2 is 2.40 bits per heavy atom. The maximum Gasteiger partial charge on any atom is 0.525 e. The molecular weight excluding hydrogens is 264 g/mol. The van der Waals surface area contributed by atoms with E-state index >= 15 is 0 Å². The summed E-state index contributed by atoms with van der Waals surface area (Å²) in [5.41, 5.74) is 0.718. The van der Waals surface area contributed by atoms with Crippen molar-refractivity contribution < 1.29 is 19.2 Å². The number of hydrogen-bond acceptors (Lipinski definition) is 7. The molecule has 1 aliphatic rings. The number of pyridine rings is 1. The zero-order valence-corrected chi connectivity index (χ0v) is 10.5. The van der Waals surface area contributed by atoms with Crippen molar-refractivity contribution >= 4 is 6.16 Å². The molecule has 0 saturated carbocycles. The van der Waals surface area contributed by atoms with Gasteiger partial charge in [0.05, 0.1) is 5.56 Å². The molecule has 2 aromatic rings. The molecule has 20 heavy (non-hydrogen) atoms. The third-order valence-corrected chi connectivity index (χ3v) is 3.03. The Kier molecular flexibility index (Phi) is 3.30. The largest absolute Gasteiger partial charge is 0.525 e. The van der Waals surface area contributed by atoms with Gasteiger partial charge in [0.15, 0.2) is 0 Å². The van der Waals surface area contributed by atoms with E-state index in [4.69, 9.17) is 14.4 Å². The van der Waals surface area contributed by atoms with Gasteiger partial charge in [-0.05, 0) is 25.0 Å². The van der Waals surface area contributed by atoms with E-state index in [0.29, 0.717) is 24.7 Å². The van der Waals surface area contributed by atoms with Crippen molar-refractivity contribution in [1.82, 2.24) is 20.2 Å². The summed E-state index contributed by atoms with van der Waals surface area (Å²) in [7, 11) is 0. The van der Waals surface area contributed by atoms with E-state index in [-0.39, 0.29) is 6.04 Å². The summed E-state index contributed by atoms with van der Waals surface area (Å²) < 4.78 is 5.59. The number of hydroxylamine groups is 2. The van der Waals surface area contributed by atoms with Crippen molar-refractivity contribution in [3.63, 3.8) is 0 Å². The molecule has 0 aliphatic carbocycles. The van der Waals surface area contributed by atoms with Crippen molar-refractivity contribution in [2.75, 3.05) is 6.54 Å². The van der Waals surface area contributed by atoms with Crippen LogP contribution in [0.5, 0.6) is 0 Å². The smallest absolute Gasteiger partial charge is 0.448 e. The van der Waals surface area contributed by atoms with Crippen LogP contribution in [0, 0.1) is 0 Å². The first-order valence-corrected chi connectivity index (χ1v) is 6.15. The van der Waals surface area contributed by atoms with Gasteiger partial charge in [-0.2, -0.15) is 0 Å². The third kappa shape index (κ3) is 2.45. The lowest BCUT2D eigenvalue weighted by atomic mass is 10.2. The maximum absolute atomic E-state index is 10.6. The summed E-state index contributed by atoms with van der Waals surface area (Å²) in [6, 6.07) is 3.25. The van der Waals surface area contributed by atoms with Crippen molar-refractivity contribution in [3.8, 4) is 11.5 Å². The van der Waals surface area contributed by atoms with Crippen LogP contribution in [0.25, 0.3) is 11.5 Å². The number of hydrogen-bond donors (Lipinski definition) is 1. The average Bonchev–Trinajstić information content (AvgIpc) is 3.07. The molecular formula is C12H12N4O4. The number of rotatable bonds is 3. The predicted molar refractivity (Wildman–Crippen MR) is 65.3 cm³/mol. The molecule has 3 heterocycles. The highest BCUT2D eigenvalue weighted by molar-refractivity contribution is 5.56. The molecule has 0 bridgehead atoms. The molecule has 1 fully saturated rings. The lowest BCUT2D eigenvalue weighted by Crippen LogP contribution is -2.26. The number of aromatic nitrogens is 3. The minimum absolute atomic E-state index is 0.330. The zero-order chi connectivity index (χ0) is 13.9. The molecule has 1 aliphatic heterocycles. The lowest BCUT2D eigenvalue weighted by Gasteiger charge is -2.17. The molecule has 0 spiro atoms. The van der Waals surface area contributed by atoms with Crippen LogP contribution in [0.3, 0.4) is 0 Å². The molecule has 1 saturated heterocycles. The van der Waals surface area contributed by atoms with Gasteiger partial charge >= 0.3 is 6.16 Å². The monoisotopic (exact) mass is 276 g/mol. The number of nitrogens with zero attached hydrogens (tertiary/aromatic N) is 4. The summed E-state index contributed by atoms with van der Waals surface area (Å²) in [4.78, 5) is 19.3. The summed E-state index contributed by atoms with van der Waals surface area (Å²) in [6.07, 6.45) is 3.45. The van der Waals surface area contributed by atoms with Crippen LogP contribution in [0.15, 0.2) is 28.9 Å². The Hall–Kier alpha value is -2.48. The minimum Gasteiger partial charge on any atom is -0.448 e. The van der Waals surface area contributed by atoms with Gasteiger partial charge in [-0.25, -0.2) is 4.79 Å². The van der Waals surface area contributed by atoms with Gasteiger partial charge in [0.1, 0.15) is 6.04 Å². The highest BCUT2D eigenvalue weighted by Crippen LogP contribution is 2.32. The first-order chi connectivity index (χ1) is 9.74. The molecule has 1 unspecified atom stereocenters. The Morgan fingerprint density at radius 1 is 1.50 bits per heavy atom. The fourth-order valence-electron chi connectivity index (χ4n) is 2.17. The zero-order valence-electron chi connectivity index (χ0n) is 10.5. The van der Waals surface area contributed by atoms with E-state index in [1.54, 1.807) is 18.5 Å². The highest BCUT2D eigenvalue weighted by atomic mass is 16.8. The van der Waals surface area contributed by atoms with Gasteiger partial charge in [-0.3, -0.25) is 4.98 Å². The van der Waals surface area contributed by atoms with E-state index in [1.165, 1.54) is 5.06 Å². The van der Waals surface area contributed by atoms with Crippen molar-refractivity contribution in [2.45, 2.75) is 18.9 Å². The van der Waals surface area contributed by atoms with E-state index < -0.39 is 6.16 Å². The maximum atomic E-state index is 10.6.